The van der Waals surface area contributed by atoms with E-state index in [2.05, 4.69) is 10.2 Å². The van der Waals surface area contributed by atoms with E-state index in [-0.39, 0.29) is 16.5 Å². The van der Waals surface area contributed by atoms with Gasteiger partial charge in [-0.05, 0) is 42.3 Å². The van der Waals surface area contributed by atoms with Crippen LogP contribution in [0.2, 0.25) is 0 Å². The first-order chi connectivity index (χ1) is 16.0. The molecule has 1 N–H and O–H groups in total. The van der Waals surface area contributed by atoms with Gasteiger partial charge in [-0.2, -0.15) is 0 Å². The van der Waals surface area contributed by atoms with Crippen LogP contribution in [-0.2, 0) is 6.42 Å². The van der Waals surface area contributed by atoms with Crippen molar-refractivity contribution < 1.29 is 14.1 Å². The number of hydrogen-bond acceptors (Lipinski definition) is 5. The summed E-state index contributed by atoms with van der Waals surface area (Å²) in [5.41, 5.74) is 2.87. The highest BCUT2D eigenvalue weighted by molar-refractivity contribution is 5.94. The van der Waals surface area contributed by atoms with Gasteiger partial charge >= 0.3 is 0 Å². The SMILES string of the molecule is O=C(c1cccc(F)c1)N1CCN(c2ccc([N+](=O)[O-])c(NCCc3ccccc3)c2)CC1. The molecule has 1 fully saturated rings. The summed E-state index contributed by atoms with van der Waals surface area (Å²) in [4.78, 5) is 27.6. The fourth-order valence-corrected chi connectivity index (χ4v) is 3.98. The number of amides is 1. The molecule has 8 heteroatoms. The van der Waals surface area contributed by atoms with Crippen LogP contribution in [0.4, 0.5) is 21.5 Å². The first-order valence-electron chi connectivity index (χ1n) is 10.9. The Morgan fingerprint density at radius 1 is 0.970 bits per heavy atom. The summed E-state index contributed by atoms with van der Waals surface area (Å²) in [7, 11) is 0. The molecule has 1 amide bonds. The normalized spacial score (nSPS) is 13.6. The van der Waals surface area contributed by atoms with E-state index in [1.54, 1.807) is 23.1 Å². The Labute approximate surface area is 191 Å². The lowest BCUT2D eigenvalue weighted by atomic mass is 10.1. The molecular weight excluding hydrogens is 423 g/mol. The van der Waals surface area contributed by atoms with Crippen LogP contribution in [0.3, 0.4) is 0 Å². The number of carbonyl (C=O) groups is 1. The van der Waals surface area contributed by atoms with Crippen LogP contribution < -0.4 is 10.2 Å². The highest BCUT2D eigenvalue weighted by Crippen LogP contribution is 2.30. The fraction of sp³-hybridized carbons (Fsp3) is 0.240. The Bertz CT molecular complexity index is 1130. The summed E-state index contributed by atoms with van der Waals surface area (Å²) >= 11 is 0. The van der Waals surface area contributed by atoms with Crippen molar-refractivity contribution in [3.05, 3.63) is 99.9 Å². The molecule has 0 saturated carbocycles. The molecule has 1 heterocycles. The molecule has 0 aromatic heterocycles. The third-order valence-corrected chi connectivity index (χ3v) is 5.75. The van der Waals surface area contributed by atoms with E-state index in [4.69, 9.17) is 0 Å². The Kier molecular flexibility index (Phi) is 6.83. The number of anilines is 2. The second-order valence-electron chi connectivity index (χ2n) is 7.91. The minimum absolute atomic E-state index is 0.0340. The van der Waals surface area contributed by atoms with E-state index < -0.39 is 5.82 Å². The molecule has 0 atom stereocenters. The van der Waals surface area contributed by atoms with Gasteiger partial charge in [-0.3, -0.25) is 14.9 Å². The second-order valence-corrected chi connectivity index (χ2v) is 7.91. The lowest BCUT2D eigenvalue weighted by molar-refractivity contribution is -0.383. The van der Waals surface area contributed by atoms with Crippen molar-refractivity contribution >= 4 is 23.0 Å². The monoisotopic (exact) mass is 448 g/mol. The number of nitrogens with one attached hydrogen (secondary N) is 1. The third-order valence-electron chi connectivity index (χ3n) is 5.75. The van der Waals surface area contributed by atoms with Crippen molar-refractivity contribution in [3.8, 4) is 0 Å². The van der Waals surface area contributed by atoms with Crippen LogP contribution in [0.5, 0.6) is 0 Å². The maximum atomic E-state index is 13.5. The van der Waals surface area contributed by atoms with Crippen LogP contribution in [0.15, 0.2) is 72.8 Å². The standard InChI is InChI=1S/C25H25FN4O3/c26-21-8-4-7-20(17-21)25(31)29-15-13-28(14-16-29)22-9-10-24(30(32)33)23(18-22)27-12-11-19-5-2-1-3-6-19/h1-10,17-18,27H,11-16H2. The van der Waals surface area contributed by atoms with E-state index in [1.165, 1.54) is 24.3 Å². The van der Waals surface area contributed by atoms with E-state index in [9.17, 15) is 19.3 Å². The van der Waals surface area contributed by atoms with Gasteiger partial charge in [0.15, 0.2) is 0 Å². The summed E-state index contributed by atoms with van der Waals surface area (Å²) in [5, 5.41) is 14.7. The van der Waals surface area contributed by atoms with Crippen LogP contribution in [-0.4, -0.2) is 48.5 Å². The minimum atomic E-state index is -0.433. The van der Waals surface area contributed by atoms with Crippen molar-refractivity contribution in [2.24, 2.45) is 0 Å². The Hall–Kier alpha value is -3.94. The first kappa shape index (κ1) is 22.3. The minimum Gasteiger partial charge on any atom is -0.379 e. The van der Waals surface area contributed by atoms with Gasteiger partial charge in [-0.1, -0.05) is 36.4 Å². The van der Waals surface area contributed by atoms with Crippen molar-refractivity contribution in [1.29, 1.82) is 0 Å². The maximum Gasteiger partial charge on any atom is 0.292 e. The molecule has 0 unspecified atom stereocenters. The zero-order valence-corrected chi connectivity index (χ0v) is 18.1. The number of rotatable bonds is 7. The molecule has 0 bridgehead atoms. The summed E-state index contributed by atoms with van der Waals surface area (Å²) in [5.74, 6) is -0.626. The van der Waals surface area contributed by atoms with E-state index >= 15 is 0 Å². The Balaban J connectivity index is 1.41. The Morgan fingerprint density at radius 3 is 2.42 bits per heavy atom. The summed E-state index contributed by atoms with van der Waals surface area (Å²) in [6.07, 6.45) is 0.753. The van der Waals surface area contributed by atoms with Gasteiger partial charge in [0, 0.05) is 50.0 Å². The molecule has 1 aliphatic heterocycles. The van der Waals surface area contributed by atoms with Crippen LogP contribution in [0, 0.1) is 15.9 Å². The average molecular weight is 448 g/mol. The zero-order valence-electron chi connectivity index (χ0n) is 18.1. The molecule has 33 heavy (non-hydrogen) atoms. The molecular formula is C25H25FN4O3. The van der Waals surface area contributed by atoms with Crippen molar-refractivity contribution in [2.75, 3.05) is 42.9 Å². The Morgan fingerprint density at radius 2 is 1.73 bits per heavy atom. The van der Waals surface area contributed by atoms with Gasteiger partial charge in [0.25, 0.3) is 11.6 Å². The highest BCUT2D eigenvalue weighted by Gasteiger charge is 2.24. The number of piperazine rings is 1. The van der Waals surface area contributed by atoms with Gasteiger partial charge in [-0.15, -0.1) is 0 Å². The van der Waals surface area contributed by atoms with Gasteiger partial charge in [0.2, 0.25) is 0 Å². The predicted molar refractivity (Wildman–Crippen MR) is 126 cm³/mol. The number of hydrogen-bond donors (Lipinski definition) is 1. The van der Waals surface area contributed by atoms with E-state index in [0.717, 1.165) is 17.7 Å². The third kappa shape index (κ3) is 5.46. The second kappa shape index (κ2) is 10.1. The molecule has 0 aliphatic carbocycles. The molecule has 0 spiro atoms. The van der Waals surface area contributed by atoms with Gasteiger partial charge in [0.05, 0.1) is 4.92 Å². The topological polar surface area (TPSA) is 78.7 Å². The predicted octanol–water partition coefficient (Wildman–Crippen LogP) is 4.35. The number of benzene rings is 3. The summed E-state index contributed by atoms with van der Waals surface area (Å²) in [6.45, 7) is 2.72. The summed E-state index contributed by atoms with van der Waals surface area (Å²) in [6, 6.07) is 20.7. The maximum absolute atomic E-state index is 13.5. The zero-order chi connectivity index (χ0) is 23.2. The lowest BCUT2D eigenvalue weighted by Gasteiger charge is -2.36. The molecule has 0 radical (unpaired) electrons. The van der Waals surface area contributed by atoms with Crippen molar-refractivity contribution in [1.82, 2.24) is 4.90 Å². The van der Waals surface area contributed by atoms with Gasteiger partial charge in [-0.25, -0.2) is 4.39 Å². The largest absolute Gasteiger partial charge is 0.379 e. The van der Waals surface area contributed by atoms with Crippen LogP contribution in [0.1, 0.15) is 15.9 Å². The van der Waals surface area contributed by atoms with Crippen molar-refractivity contribution in [2.45, 2.75) is 6.42 Å². The number of nitro benzene ring substituents is 1. The number of halogens is 1. The van der Waals surface area contributed by atoms with Crippen LogP contribution >= 0.6 is 0 Å². The first-order valence-corrected chi connectivity index (χ1v) is 10.9. The average Bonchev–Trinajstić information content (AvgIpc) is 2.84. The molecule has 1 saturated heterocycles. The molecule has 3 aromatic carbocycles. The van der Waals surface area contributed by atoms with E-state index in [0.29, 0.717) is 44.0 Å². The number of nitro groups is 1. The molecule has 7 nitrogen and oxygen atoms in total. The van der Waals surface area contributed by atoms with Crippen LogP contribution in [0.25, 0.3) is 0 Å². The molecule has 3 aromatic rings. The smallest absolute Gasteiger partial charge is 0.292 e. The number of carbonyl (C=O) groups excluding carboxylic acids is 1. The van der Waals surface area contributed by atoms with Crippen molar-refractivity contribution in [3.63, 3.8) is 0 Å². The van der Waals surface area contributed by atoms with E-state index in [1.807, 2.05) is 30.3 Å². The summed E-state index contributed by atoms with van der Waals surface area (Å²) < 4.78 is 13.5. The highest BCUT2D eigenvalue weighted by atomic mass is 19.1. The lowest BCUT2D eigenvalue weighted by Crippen LogP contribution is -2.48. The molecule has 4 rings (SSSR count). The fourth-order valence-electron chi connectivity index (χ4n) is 3.98. The molecule has 1 aliphatic rings. The number of nitrogens with zero attached hydrogens (tertiary/aromatic N) is 3. The van der Waals surface area contributed by atoms with Gasteiger partial charge < -0.3 is 15.1 Å². The molecule has 170 valence electrons. The van der Waals surface area contributed by atoms with Gasteiger partial charge in [0.1, 0.15) is 11.5 Å². The quantitative estimate of drug-likeness (QED) is 0.429.